The van der Waals surface area contributed by atoms with Crippen molar-refractivity contribution >= 4 is 17.4 Å². The molecule has 19 heavy (non-hydrogen) atoms. The minimum atomic E-state index is -0.175. The van der Waals surface area contributed by atoms with Crippen molar-refractivity contribution in [3.8, 4) is 0 Å². The van der Waals surface area contributed by atoms with Gasteiger partial charge in [-0.2, -0.15) is 5.10 Å². The molecule has 106 valence electrons. The Morgan fingerprint density at radius 1 is 1.58 bits per heavy atom. The van der Waals surface area contributed by atoms with Crippen LogP contribution in [0.5, 0.6) is 0 Å². The lowest BCUT2D eigenvalue weighted by molar-refractivity contribution is 0.0880. The lowest BCUT2D eigenvalue weighted by Gasteiger charge is -2.18. The number of nitrogens with one attached hydrogen (secondary N) is 1. The number of halogens is 1. The number of aryl methyl sites for hydroxylation is 1. The van der Waals surface area contributed by atoms with Crippen LogP contribution in [0.15, 0.2) is 6.20 Å². The largest absolute Gasteiger partial charge is 0.379 e. The Morgan fingerprint density at radius 2 is 2.37 bits per heavy atom. The SMILES string of the molecule is CCCNC1COCC1C(=O)c1c(Cl)cnn1CC. The van der Waals surface area contributed by atoms with E-state index in [9.17, 15) is 4.79 Å². The van der Waals surface area contributed by atoms with Gasteiger partial charge in [0, 0.05) is 12.6 Å². The molecule has 1 aromatic rings. The van der Waals surface area contributed by atoms with Gasteiger partial charge in [0.15, 0.2) is 5.78 Å². The van der Waals surface area contributed by atoms with Crippen LogP contribution in [0.4, 0.5) is 0 Å². The number of rotatable bonds is 6. The Morgan fingerprint density at radius 3 is 3.05 bits per heavy atom. The standard InChI is InChI=1S/C13H20ClN3O2/c1-3-5-15-11-8-19-7-9(11)13(18)12-10(14)6-16-17(12)4-2/h6,9,11,15H,3-5,7-8H2,1-2H3. The van der Waals surface area contributed by atoms with Gasteiger partial charge in [-0.3, -0.25) is 9.48 Å². The molecule has 1 N–H and O–H groups in total. The molecular formula is C13H20ClN3O2. The van der Waals surface area contributed by atoms with Crippen LogP contribution in [0.1, 0.15) is 30.8 Å². The molecule has 0 bridgehead atoms. The van der Waals surface area contributed by atoms with E-state index >= 15 is 0 Å². The van der Waals surface area contributed by atoms with Crippen LogP contribution < -0.4 is 5.32 Å². The minimum Gasteiger partial charge on any atom is -0.379 e. The highest BCUT2D eigenvalue weighted by Crippen LogP contribution is 2.24. The van der Waals surface area contributed by atoms with Crippen molar-refractivity contribution in [1.29, 1.82) is 0 Å². The topological polar surface area (TPSA) is 56.1 Å². The lowest BCUT2D eigenvalue weighted by Crippen LogP contribution is -2.40. The van der Waals surface area contributed by atoms with Crippen molar-refractivity contribution in [2.24, 2.45) is 5.92 Å². The monoisotopic (exact) mass is 285 g/mol. The summed E-state index contributed by atoms with van der Waals surface area (Å²) in [5.74, 6) is -0.151. The first kappa shape index (κ1) is 14.5. The Kier molecular flexibility index (Phi) is 4.96. The molecule has 5 nitrogen and oxygen atoms in total. The third-order valence-corrected chi connectivity index (χ3v) is 3.68. The van der Waals surface area contributed by atoms with Crippen molar-refractivity contribution in [1.82, 2.24) is 15.1 Å². The molecule has 1 aromatic heterocycles. The molecule has 0 aliphatic carbocycles. The van der Waals surface area contributed by atoms with Gasteiger partial charge in [-0.25, -0.2) is 0 Å². The van der Waals surface area contributed by atoms with Gasteiger partial charge in [-0.1, -0.05) is 18.5 Å². The molecule has 0 amide bonds. The van der Waals surface area contributed by atoms with E-state index in [0.717, 1.165) is 13.0 Å². The molecule has 0 saturated carbocycles. The summed E-state index contributed by atoms with van der Waals surface area (Å²) in [6.45, 7) is 6.59. The molecule has 1 aliphatic rings. The van der Waals surface area contributed by atoms with Gasteiger partial charge in [0.05, 0.1) is 30.4 Å². The van der Waals surface area contributed by atoms with Crippen molar-refractivity contribution in [2.75, 3.05) is 19.8 Å². The first-order valence-corrected chi connectivity index (χ1v) is 7.13. The number of nitrogens with zero attached hydrogens (tertiary/aromatic N) is 2. The normalized spacial score (nSPS) is 22.9. The van der Waals surface area contributed by atoms with Crippen molar-refractivity contribution in [3.63, 3.8) is 0 Å². The zero-order valence-electron chi connectivity index (χ0n) is 11.4. The molecule has 2 rings (SSSR count). The van der Waals surface area contributed by atoms with Crippen molar-refractivity contribution < 1.29 is 9.53 Å². The molecule has 0 spiro atoms. The van der Waals surface area contributed by atoms with E-state index in [1.807, 2.05) is 6.92 Å². The molecule has 6 heteroatoms. The average molecular weight is 286 g/mol. The smallest absolute Gasteiger partial charge is 0.189 e. The summed E-state index contributed by atoms with van der Waals surface area (Å²) < 4.78 is 7.10. The zero-order valence-corrected chi connectivity index (χ0v) is 12.1. The highest BCUT2D eigenvalue weighted by molar-refractivity contribution is 6.33. The van der Waals surface area contributed by atoms with Crippen LogP contribution in [0.25, 0.3) is 0 Å². The fourth-order valence-electron chi connectivity index (χ4n) is 2.37. The molecule has 2 heterocycles. The van der Waals surface area contributed by atoms with E-state index in [2.05, 4.69) is 17.3 Å². The average Bonchev–Trinajstić information content (AvgIpc) is 3.01. The highest BCUT2D eigenvalue weighted by Gasteiger charge is 2.36. The maximum Gasteiger partial charge on any atom is 0.189 e. The number of ketones is 1. The van der Waals surface area contributed by atoms with E-state index in [0.29, 0.717) is 30.5 Å². The summed E-state index contributed by atoms with van der Waals surface area (Å²) in [6.07, 6.45) is 2.56. The van der Waals surface area contributed by atoms with Crippen LogP contribution in [0.2, 0.25) is 5.02 Å². The fraction of sp³-hybridized carbons (Fsp3) is 0.692. The van der Waals surface area contributed by atoms with Crippen LogP contribution in [0, 0.1) is 5.92 Å². The number of carbonyl (C=O) groups excluding carboxylic acids is 1. The van der Waals surface area contributed by atoms with E-state index in [1.165, 1.54) is 6.20 Å². The first-order chi connectivity index (χ1) is 9.19. The van der Waals surface area contributed by atoms with Gasteiger partial charge in [0.25, 0.3) is 0 Å². The van der Waals surface area contributed by atoms with Gasteiger partial charge >= 0.3 is 0 Å². The van der Waals surface area contributed by atoms with E-state index < -0.39 is 0 Å². The Bertz CT molecular complexity index is 447. The number of aromatic nitrogens is 2. The Labute approximate surface area is 118 Å². The van der Waals surface area contributed by atoms with Crippen LogP contribution in [-0.4, -0.2) is 41.4 Å². The van der Waals surface area contributed by atoms with E-state index in [-0.39, 0.29) is 17.7 Å². The predicted molar refractivity (Wildman–Crippen MR) is 73.6 cm³/mol. The van der Waals surface area contributed by atoms with Crippen LogP contribution in [0.3, 0.4) is 0 Å². The number of hydrogen-bond acceptors (Lipinski definition) is 4. The highest BCUT2D eigenvalue weighted by atomic mass is 35.5. The third kappa shape index (κ3) is 2.99. The molecule has 2 atom stereocenters. The number of carbonyl (C=O) groups is 1. The lowest BCUT2D eigenvalue weighted by atomic mass is 9.96. The third-order valence-electron chi connectivity index (χ3n) is 3.40. The summed E-state index contributed by atoms with van der Waals surface area (Å²) in [7, 11) is 0. The van der Waals surface area contributed by atoms with E-state index in [1.54, 1.807) is 4.68 Å². The van der Waals surface area contributed by atoms with Crippen LogP contribution >= 0.6 is 11.6 Å². The molecule has 1 fully saturated rings. The zero-order chi connectivity index (χ0) is 13.8. The second-order valence-electron chi connectivity index (χ2n) is 4.73. The molecule has 0 aromatic carbocycles. The molecule has 0 radical (unpaired) electrons. The predicted octanol–water partition coefficient (Wildman–Crippen LogP) is 1.75. The van der Waals surface area contributed by atoms with Crippen LogP contribution in [-0.2, 0) is 11.3 Å². The number of hydrogen-bond donors (Lipinski definition) is 1. The Balaban J connectivity index is 2.16. The molecule has 1 saturated heterocycles. The fourth-order valence-corrected chi connectivity index (χ4v) is 2.60. The quantitative estimate of drug-likeness (QED) is 0.809. The number of ether oxygens (including phenoxy) is 1. The van der Waals surface area contributed by atoms with Gasteiger partial charge in [0.1, 0.15) is 5.69 Å². The Hall–Kier alpha value is -0.910. The van der Waals surface area contributed by atoms with Gasteiger partial charge in [0.2, 0.25) is 0 Å². The summed E-state index contributed by atoms with van der Waals surface area (Å²) >= 11 is 6.08. The first-order valence-electron chi connectivity index (χ1n) is 6.75. The van der Waals surface area contributed by atoms with Crippen molar-refractivity contribution in [3.05, 3.63) is 16.9 Å². The number of Topliss-reactive ketones (excluding diaryl/α,β-unsaturated/α-hetero) is 1. The molecule has 2 unspecified atom stereocenters. The van der Waals surface area contributed by atoms with E-state index in [4.69, 9.17) is 16.3 Å². The summed E-state index contributed by atoms with van der Waals surface area (Å²) in [5.41, 5.74) is 0.503. The molecule has 1 aliphatic heterocycles. The van der Waals surface area contributed by atoms with Crippen molar-refractivity contribution in [2.45, 2.75) is 32.9 Å². The summed E-state index contributed by atoms with van der Waals surface area (Å²) in [6, 6.07) is 0.0729. The van der Waals surface area contributed by atoms with Gasteiger partial charge < -0.3 is 10.1 Å². The summed E-state index contributed by atoms with van der Waals surface area (Å²) in [5, 5.41) is 7.90. The maximum absolute atomic E-state index is 12.6. The second kappa shape index (κ2) is 6.50. The minimum absolute atomic E-state index is 0.0236. The second-order valence-corrected chi connectivity index (χ2v) is 5.13. The summed E-state index contributed by atoms with van der Waals surface area (Å²) in [4.78, 5) is 12.6. The van der Waals surface area contributed by atoms with Gasteiger partial charge in [-0.05, 0) is 19.9 Å². The molecular weight excluding hydrogens is 266 g/mol. The maximum atomic E-state index is 12.6. The van der Waals surface area contributed by atoms with Gasteiger partial charge in [-0.15, -0.1) is 0 Å².